The summed E-state index contributed by atoms with van der Waals surface area (Å²) in [6.07, 6.45) is 1.65. The lowest BCUT2D eigenvalue weighted by atomic mass is 10.2. The van der Waals surface area contributed by atoms with Crippen molar-refractivity contribution in [2.75, 3.05) is 5.32 Å². The molecular weight excluding hydrogens is 464 g/mol. The zero-order valence-corrected chi connectivity index (χ0v) is 17.6. The molecule has 0 atom stereocenters. The van der Waals surface area contributed by atoms with Crippen molar-refractivity contribution in [3.8, 4) is 0 Å². The fraction of sp³-hybridized carbons (Fsp3) is 0.0500. The molecule has 1 saturated heterocycles. The van der Waals surface area contributed by atoms with Crippen LogP contribution in [0.1, 0.15) is 11.1 Å². The van der Waals surface area contributed by atoms with E-state index in [1.807, 2.05) is 6.07 Å². The standard InChI is InChI=1S/C20H14BrClN2O3S/c1-12(21)18(25)23-16-7-5-13(6-8-16)10-17-19(26)24(20(27)28-17)11-14-3-2-4-15(22)9-14/h2-10H,1,11H2,(H,23,25)/b17-10-. The molecule has 2 aromatic carbocycles. The smallest absolute Gasteiger partial charge is 0.293 e. The molecule has 1 fully saturated rings. The predicted octanol–water partition coefficient (Wildman–Crippen LogP) is 5.42. The van der Waals surface area contributed by atoms with Crippen molar-refractivity contribution in [2.45, 2.75) is 6.54 Å². The Labute approximate surface area is 179 Å². The van der Waals surface area contributed by atoms with Crippen molar-refractivity contribution in [3.63, 3.8) is 0 Å². The van der Waals surface area contributed by atoms with Crippen LogP contribution in [0.4, 0.5) is 10.5 Å². The van der Waals surface area contributed by atoms with Gasteiger partial charge in [0.15, 0.2) is 0 Å². The molecule has 8 heteroatoms. The summed E-state index contributed by atoms with van der Waals surface area (Å²) in [5, 5.41) is 2.89. The van der Waals surface area contributed by atoms with Crippen molar-refractivity contribution in [1.29, 1.82) is 0 Å². The molecule has 1 heterocycles. The van der Waals surface area contributed by atoms with Gasteiger partial charge in [-0.25, -0.2) is 0 Å². The topological polar surface area (TPSA) is 66.5 Å². The first-order chi connectivity index (χ1) is 13.3. The zero-order valence-electron chi connectivity index (χ0n) is 14.4. The maximum atomic E-state index is 12.6. The van der Waals surface area contributed by atoms with E-state index in [0.29, 0.717) is 15.6 Å². The number of carbonyl (C=O) groups excluding carboxylic acids is 3. The minimum Gasteiger partial charge on any atom is -0.322 e. The van der Waals surface area contributed by atoms with E-state index < -0.39 is 0 Å². The molecule has 1 aliphatic rings. The zero-order chi connectivity index (χ0) is 20.3. The van der Waals surface area contributed by atoms with Gasteiger partial charge in [0, 0.05) is 10.7 Å². The van der Waals surface area contributed by atoms with Crippen molar-refractivity contribution in [3.05, 3.63) is 80.6 Å². The van der Waals surface area contributed by atoms with Gasteiger partial charge < -0.3 is 5.32 Å². The lowest BCUT2D eigenvalue weighted by molar-refractivity contribution is -0.123. The third kappa shape index (κ3) is 4.92. The lowest BCUT2D eigenvalue weighted by Crippen LogP contribution is -2.27. The molecule has 0 saturated carbocycles. The quantitative estimate of drug-likeness (QED) is 0.584. The summed E-state index contributed by atoms with van der Waals surface area (Å²) < 4.78 is 0.227. The average Bonchev–Trinajstić information content (AvgIpc) is 2.91. The molecule has 0 aliphatic carbocycles. The first-order valence-corrected chi connectivity index (χ1v) is 10.1. The van der Waals surface area contributed by atoms with E-state index >= 15 is 0 Å². The van der Waals surface area contributed by atoms with Gasteiger partial charge in [0.2, 0.25) is 0 Å². The Morgan fingerprint density at radius 1 is 1.21 bits per heavy atom. The maximum Gasteiger partial charge on any atom is 0.293 e. The van der Waals surface area contributed by atoms with Crippen LogP contribution in [0, 0.1) is 0 Å². The summed E-state index contributed by atoms with van der Waals surface area (Å²) in [6.45, 7) is 3.68. The highest BCUT2D eigenvalue weighted by Crippen LogP contribution is 2.33. The fourth-order valence-electron chi connectivity index (χ4n) is 2.47. The summed E-state index contributed by atoms with van der Waals surface area (Å²) in [4.78, 5) is 38.0. The second-order valence-electron chi connectivity index (χ2n) is 5.88. The first-order valence-electron chi connectivity index (χ1n) is 8.09. The lowest BCUT2D eigenvalue weighted by Gasteiger charge is -2.12. The number of halogens is 2. The number of hydrogen-bond acceptors (Lipinski definition) is 4. The Morgan fingerprint density at radius 3 is 2.57 bits per heavy atom. The average molecular weight is 478 g/mol. The highest BCUT2D eigenvalue weighted by atomic mass is 79.9. The van der Waals surface area contributed by atoms with Crippen molar-refractivity contribution >= 4 is 68.1 Å². The molecule has 142 valence electrons. The molecule has 28 heavy (non-hydrogen) atoms. The van der Waals surface area contributed by atoms with Gasteiger partial charge in [0.25, 0.3) is 17.1 Å². The summed E-state index contributed by atoms with van der Waals surface area (Å²) in [5.41, 5.74) is 2.12. The number of hydrogen-bond donors (Lipinski definition) is 1. The molecule has 3 rings (SSSR count). The minimum atomic E-state index is -0.344. The van der Waals surface area contributed by atoms with E-state index in [1.54, 1.807) is 48.5 Å². The molecule has 5 nitrogen and oxygen atoms in total. The Balaban J connectivity index is 1.72. The highest BCUT2D eigenvalue weighted by Gasteiger charge is 2.34. The number of imide groups is 1. The van der Waals surface area contributed by atoms with Crippen LogP contribution in [0.5, 0.6) is 0 Å². The minimum absolute atomic E-state index is 0.171. The number of nitrogens with one attached hydrogen (secondary N) is 1. The number of benzene rings is 2. The van der Waals surface area contributed by atoms with Gasteiger partial charge >= 0.3 is 0 Å². The molecule has 1 N–H and O–H groups in total. The number of amides is 3. The van der Waals surface area contributed by atoms with E-state index in [0.717, 1.165) is 22.9 Å². The summed E-state index contributed by atoms with van der Waals surface area (Å²) in [7, 11) is 0. The number of thioether (sulfide) groups is 1. The SMILES string of the molecule is C=C(Br)C(=O)Nc1ccc(/C=C2\SC(=O)N(Cc3cccc(Cl)c3)C2=O)cc1. The van der Waals surface area contributed by atoms with Gasteiger partial charge in [-0.3, -0.25) is 19.3 Å². The summed E-state index contributed by atoms with van der Waals surface area (Å²) in [6, 6.07) is 14.0. The van der Waals surface area contributed by atoms with Crippen molar-refractivity contribution < 1.29 is 14.4 Å². The third-order valence-electron chi connectivity index (χ3n) is 3.82. The Bertz CT molecular complexity index is 1000. The normalized spacial score (nSPS) is 15.2. The number of carbonyl (C=O) groups is 3. The molecule has 0 bridgehead atoms. The molecule has 0 radical (unpaired) electrons. The van der Waals surface area contributed by atoms with Crippen molar-refractivity contribution in [1.82, 2.24) is 4.90 Å². The molecule has 1 aliphatic heterocycles. The molecule has 3 amide bonds. The molecule has 2 aromatic rings. The van der Waals surface area contributed by atoms with Crippen LogP contribution >= 0.6 is 39.3 Å². The summed E-state index contributed by atoms with van der Waals surface area (Å²) in [5.74, 6) is -0.683. The molecule has 0 unspecified atom stereocenters. The molecular formula is C20H14BrClN2O3S. The third-order valence-corrected chi connectivity index (χ3v) is 5.32. The van der Waals surface area contributed by atoms with Crippen LogP contribution in [-0.2, 0) is 16.1 Å². The second kappa shape index (κ2) is 8.77. The van der Waals surface area contributed by atoms with E-state index in [-0.39, 0.29) is 28.1 Å². The van der Waals surface area contributed by atoms with Crippen molar-refractivity contribution in [2.24, 2.45) is 0 Å². The van der Waals surface area contributed by atoms with E-state index in [4.69, 9.17) is 11.6 Å². The van der Waals surface area contributed by atoms with Gasteiger partial charge in [0.05, 0.1) is 15.9 Å². The van der Waals surface area contributed by atoms with Crippen LogP contribution in [0.25, 0.3) is 6.08 Å². The summed E-state index contributed by atoms with van der Waals surface area (Å²) >= 11 is 9.87. The van der Waals surface area contributed by atoms with Gasteiger partial charge in [-0.2, -0.15) is 0 Å². The molecule has 0 spiro atoms. The van der Waals surface area contributed by atoms with E-state index in [2.05, 4.69) is 27.8 Å². The van der Waals surface area contributed by atoms with Crippen LogP contribution < -0.4 is 5.32 Å². The van der Waals surface area contributed by atoms with Crippen LogP contribution in [0.15, 0.2) is 64.5 Å². The monoisotopic (exact) mass is 476 g/mol. The van der Waals surface area contributed by atoms with Gasteiger partial charge in [-0.1, -0.05) is 42.4 Å². The predicted molar refractivity (Wildman–Crippen MR) is 116 cm³/mol. The van der Waals surface area contributed by atoms with Gasteiger partial charge in [0.1, 0.15) is 0 Å². The Kier molecular flexibility index (Phi) is 6.39. The Morgan fingerprint density at radius 2 is 1.93 bits per heavy atom. The van der Waals surface area contributed by atoms with Crippen LogP contribution in [-0.4, -0.2) is 22.0 Å². The number of anilines is 1. The second-order valence-corrected chi connectivity index (χ2v) is 8.27. The van der Waals surface area contributed by atoms with Gasteiger partial charge in [-0.15, -0.1) is 0 Å². The highest BCUT2D eigenvalue weighted by molar-refractivity contribution is 9.12. The number of rotatable bonds is 5. The fourth-order valence-corrected chi connectivity index (χ4v) is 3.62. The maximum absolute atomic E-state index is 12.6. The van der Waals surface area contributed by atoms with Crippen LogP contribution in [0.2, 0.25) is 5.02 Å². The Hall–Kier alpha value is -2.35. The first kappa shape index (κ1) is 20.4. The number of nitrogens with zero attached hydrogens (tertiary/aromatic N) is 1. The van der Waals surface area contributed by atoms with E-state index in [9.17, 15) is 14.4 Å². The van der Waals surface area contributed by atoms with Gasteiger partial charge in [-0.05, 0) is 69.2 Å². The molecule has 0 aromatic heterocycles. The largest absolute Gasteiger partial charge is 0.322 e. The van der Waals surface area contributed by atoms with Crippen LogP contribution in [0.3, 0.4) is 0 Å². The van der Waals surface area contributed by atoms with E-state index in [1.165, 1.54) is 4.90 Å².